The van der Waals surface area contributed by atoms with Crippen molar-refractivity contribution >= 4 is 17.6 Å². The van der Waals surface area contributed by atoms with Crippen molar-refractivity contribution in [2.45, 2.75) is 0 Å². The van der Waals surface area contributed by atoms with E-state index in [1.54, 1.807) is 0 Å². The van der Waals surface area contributed by atoms with Gasteiger partial charge < -0.3 is 0 Å². The van der Waals surface area contributed by atoms with Gasteiger partial charge >= 0.3 is 5.97 Å². The first kappa shape index (κ1) is 8.96. The lowest BCUT2D eigenvalue weighted by molar-refractivity contribution is -0.182. The van der Waals surface area contributed by atoms with E-state index >= 15 is 0 Å². The van der Waals surface area contributed by atoms with Crippen molar-refractivity contribution in [1.82, 2.24) is 0 Å². The average Bonchev–Trinajstić information content (AvgIpc) is 2.01. The summed E-state index contributed by atoms with van der Waals surface area (Å²) in [5.41, 5.74) is -0.137. The summed E-state index contributed by atoms with van der Waals surface area (Å²) in [5, 5.41) is 8.02. The van der Waals surface area contributed by atoms with Gasteiger partial charge in [0.25, 0.3) is 0 Å². The summed E-state index contributed by atoms with van der Waals surface area (Å²) in [4.78, 5) is 14.0. The Bertz CT molecular complexity index is 293. The van der Waals surface area contributed by atoms with Crippen LogP contribution in [0.5, 0.6) is 0 Å². The molecule has 0 aliphatic carbocycles. The second-order valence-electron chi connectivity index (χ2n) is 2.04. The fourth-order valence-electron chi connectivity index (χ4n) is 0.724. The van der Waals surface area contributed by atoms with Crippen LogP contribution in [0.15, 0.2) is 18.2 Å². The minimum absolute atomic E-state index is 0.0652. The molecule has 64 valence electrons. The molecule has 0 aliphatic rings. The molecule has 0 unspecified atom stereocenters. The predicted molar refractivity (Wildman–Crippen MR) is 39.5 cm³/mol. The normalized spacial score (nSPS) is 9.58. The third-order valence-corrected chi connectivity index (χ3v) is 1.40. The summed E-state index contributed by atoms with van der Waals surface area (Å²) in [6.07, 6.45) is 0. The summed E-state index contributed by atoms with van der Waals surface area (Å²) in [7, 11) is 0. The zero-order chi connectivity index (χ0) is 9.14. The molecule has 0 atom stereocenters. The quantitative estimate of drug-likeness (QED) is 0.545. The highest BCUT2D eigenvalue weighted by molar-refractivity contribution is 6.30. The molecule has 0 aromatic heterocycles. The maximum absolute atomic E-state index is 12.6. The van der Waals surface area contributed by atoms with Gasteiger partial charge in [0.15, 0.2) is 0 Å². The lowest BCUT2D eigenvalue weighted by Crippen LogP contribution is -2.01. The van der Waals surface area contributed by atoms with Crippen molar-refractivity contribution in [3.8, 4) is 0 Å². The zero-order valence-corrected chi connectivity index (χ0v) is 6.51. The molecular weight excluding hydrogens is 187 g/mol. The molecule has 0 saturated heterocycles. The first-order valence-corrected chi connectivity index (χ1v) is 3.33. The number of hydrogen-bond acceptors (Lipinski definition) is 3. The number of carbonyl (C=O) groups is 1. The Labute approximate surface area is 72.3 Å². The first-order chi connectivity index (χ1) is 5.63. The van der Waals surface area contributed by atoms with Gasteiger partial charge in [0, 0.05) is 5.02 Å². The van der Waals surface area contributed by atoms with Gasteiger partial charge in [0.1, 0.15) is 5.82 Å². The number of halogens is 2. The molecule has 5 heteroatoms. The maximum atomic E-state index is 12.6. The van der Waals surface area contributed by atoms with Crippen LogP contribution < -0.4 is 0 Å². The van der Waals surface area contributed by atoms with Crippen molar-refractivity contribution in [2.24, 2.45) is 0 Å². The van der Waals surface area contributed by atoms with Gasteiger partial charge in [-0.1, -0.05) is 11.6 Å². The van der Waals surface area contributed by atoms with Crippen LogP contribution in [0.3, 0.4) is 0 Å². The molecule has 0 fully saturated rings. The van der Waals surface area contributed by atoms with Crippen LogP contribution in [0.4, 0.5) is 4.39 Å². The number of benzene rings is 1. The summed E-state index contributed by atoms with van der Waals surface area (Å²) in [5.74, 6) is -1.71. The fraction of sp³-hybridized carbons (Fsp3) is 0. The van der Waals surface area contributed by atoms with Gasteiger partial charge in [-0.25, -0.2) is 9.18 Å². The maximum Gasteiger partial charge on any atom is 0.372 e. The predicted octanol–water partition coefficient (Wildman–Crippen LogP) is 2.11. The second-order valence-corrected chi connectivity index (χ2v) is 2.47. The second kappa shape index (κ2) is 3.51. The summed E-state index contributed by atoms with van der Waals surface area (Å²) in [6, 6.07) is 3.13. The first-order valence-electron chi connectivity index (χ1n) is 2.95. The third-order valence-electron chi connectivity index (χ3n) is 1.18. The Morgan fingerprint density at radius 1 is 1.50 bits per heavy atom. The topological polar surface area (TPSA) is 46.5 Å². The Morgan fingerprint density at radius 2 is 2.17 bits per heavy atom. The lowest BCUT2D eigenvalue weighted by Gasteiger charge is -1.97. The Kier molecular flexibility index (Phi) is 2.62. The van der Waals surface area contributed by atoms with Crippen molar-refractivity contribution in [2.75, 3.05) is 0 Å². The molecule has 12 heavy (non-hydrogen) atoms. The molecule has 0 bridgehead atoms. The summed E-state index contributed by atoms with van der Waals surface area (Å²) >= 11 is 5.42. The largest absolute Gasteiger partial charge is 0.372 e. The van der Waals surface area contributed by atoms with E-state index in [9.17, 15) is 9.18 Å². The molecule has 1 aromatic rings. The van der Waals surface area contributed by atoms with Gasteiger partial charge in [0.05, 0.1) is 5.56 Å². The standard InChI is InChI=1S/C7H4ClFO3/c8-5-1-4(7(10)12-11)2-6(9)3-5/h1-3,11H. The van der Waals surface area contributed by atoms with Crippen LogP contribution in [-0.2, 0) is 4.89 Å². The molecule has 0 spiro atoms. The number of carbonyl (C=O) groups excluding carboxylic acids is 1. The molecule has 1 N–H and O–H groups in total. The minimum Gasteiger partial charge on any atom is -0.296 e. The van der Waals surface area contributed by atoms with E-state index in [0.29, 0.717) is 0 Å². The third kappa shape index (κ3) is 1.93. The smallest absolute Gasteiger partial charge is 0.296 e. The van der Waals surface area contributed by atoms with E-state index in [4.69, 9.17) is 16.9 Å². The molecule has 1 aromatic carbocycles. The Morgan fingerprint density at radius 3 is 2.67 bits per heavy atom. The van der Waals surface area contributed by atoms with E-state index in [2.05, 4.69) is 4.89 Å². The van der Waals surface area contributed by atoms with Gasteiger partial charge in [-0.05, 0) is 18.2 Å². The van der Waals surface area contributed by atoms with Crippen molar-refractivity contribution in [3.05, 3.63) is 34.6 Å². The Balaban J connectivity index is 3.08. The van der Waals surface area contributed by atoms with Crippen LogP contribution >= 0.6 is 11.6 Å². The number of hydrogen-bond donors (Lipinski definition) is 1. The highest BCUT2D eigenvalue weighted by Gasteiger charge is 2.08. The highest BCUT2D eigenvalue weighted by Crippen LogP contribution is 2.14. The summed E-state index contributed by atoms with van der Waals surface area (Å²) < 4.78 is 12.6. The molecule has 0 heterocycles. The van der Waals surface area contributed by atoms with Crippen LogP contribution in [0.25, 0.3) is 0 Å². The molecule has 3 nitrogen and oxygen atoms in total. The Hall–Kier alpha value is -1.13. The van der Waals surface area contributed by atoms with Crippen LogP contribution in [0.1, 0.15) is 10.4 Å². The van der Waals surface area contributed by atoms with E-state index in [1.807, 2.05) is 0 Å². The van der Waals surface area contributed by atoms with Crippen LogP contribution in [0.2, 0.25) is 5.02 Å². The lowest BCUT2D eigenvalue weighted by atomic mass is 10.2. The molecular formula is C7H4ClFO3. The van der Waals surface area contributed by atoms with E-state index in [0.717, 1.165) is 12.1 Å². The van der Waals surface area contributed by atoms with Crippen molar-refractivity contribution < 1.29 is 19.3 Å². The SMILES string of the molecule is O=C(OO)c1cc(F)cc(Cl)c1. The summed E-state index contributed by atoms with van der Waals surface area (Å²) in [6.45, 7) is 0. The fourth-order valence-corrected chi connectivity index (χ4v) is 0.946. The van der Waals surface area contributed by atoms with Gasteiger partial charge in [0.2, 0.25) is 0 Å². The van der Waals surface area contributed by atoms with E-state index in [1.165, 1.54) is 6.07 Å². The molecule has 0 saturated carbocycles. The van der Waals surface area contributed by atoms with Gasteiger partial charge in [-0.2, -0.15) is 5.26 Å². The van der Waals surface area contributed by atoms with Crippen molar-refractivity contribution in [1.29, 1.82) is 0 Å². The zero-order valence-electron chi connectivity index (χ0n) is 5.75. The highest BCUT2D eigenvalue weighted by atomic mass is 35.5. The number of rotatable bonds is 1. The van der Waals surface area contributed by atoms with Crippen LogP contribution in [0, 0.1) is 5.82 Å². The van der Waals surface area contributed by atoms with Gasteiger partial charge in [-0.15, -0.1) is 0 Å². The van der Waals surface area contributed by atoms with Crippen LogP contribution in [-0.4, -0.2) is 11.2 Å². The molecule has 1 rings (SSSR count). The molecule has 0 amide bonds. The molecule has 0 radical (unpaired) electrons. The minimum atomic E-state index is -1.05. The monoisotopic (exact) mass is 190 g/mol. The molecule has 0 aliphatic heterocycles. The van der Waals surface area contributed by atoms with Crippen molar-refractivity contribution in [3.63, 3.8) is 0 Å². The van der Waals surface area contributed by atoms with Gasteiger partial charge in [-0.3, -0.25) is 4.89 Å². The van der Waals surface area contributed by atoms with E-state index < -0.39 is 11.8 Å². The average molecular weight is 191 g/mol. The van der Waals surface area contributed by atoms with E-state index in [-0.39, 0.29) is 10.6 Å².